The minimum absolute atomic E-state index is 0.0648. The van der Waals surface area contributed by atoms with Crippen molar-refractivity contribution in [3.63, 3.8) is 0 Å². The molecule has 0 aromatic carbocycles. The summed E-state index contributed by atoms with van der Waals surface area (Å²) in [5.74, 6) is -3.45. The molecule has 0 aliphatic heterocycles. The van der Waals surface area contributed by atoms with E-state index < -0.39 is 29.6 Å². The van der Waals surface area contributed by atoms with Gasteiger partial charge in [-0.2, -0.15) is 13.2 Å². The lowest BCUT2D eigenvalue weighted by Gasteiger charge is -2.34. The van der Waals surface area contributed by atoms with Crippen LogP contribution in [0.25, 0.3) is 11.2 Å². The Bertz CT molecular complexity index is 879. The van der Waals surface area contributed by atoms with Crippen LogP contribution in [0, 0.1) is 5.92 Å². The summed E-state index contributed by atoms with van der Waals surface area (Å²) < 4.78 is 66.3. The predicted molar refractivity (Wildman–Crippen MR) is 86.3 cm³/mol. The fraction of sp³-hybridized carbons (Fsp3) is 0.588. The molecule has 1 N–H and O–H groups in total. The van der Waals surface area contributed by atoms with Gasteiger partial charge < -0.3 is 0 Å². The number of amides is 1. The van der Waals surface area contributed by atoms with Crippen LogP contribution in [0.4, 0.5) is 27.9 Å². The monoisotopic (exact) mass is 388 g/mol. The number of halogens is 5. The van der Waals surface area contributed by atoms with Gasteiger partial charge >= 0.3 is 6.18 Å². The number of rotatable bonds is 4. The lowest BCUT2D eigenvalue weighted by molar-refractivity contribution is -0.141. The van der Waals surface area contributed by atoms with Crippen LogP contribution >= 0.6 is 0 Å². The van der Waals surface area contributed by atoms with E-state index in [1.165, 1.54) is 10.6 Å². The molecule has 2 aliphatic carbocycles. The zero-order chi connectivity index (χ0) is 19.4. The lowest BCUT2D eigenvalue weighted by Crippen LogP contribution is -2.37. The van der Waals surface area contributed by atoms with Crippen molar-refractivity contribution in [1.29, 1.82) is 0 Å². The normalized spacial score (nSPS) is 20.3. The number of hydrogen-bond donors (Lipinski definition) is 1. The van der Waals surface area contributed by atoms with Gasteiger partial charge in [-0.15, -0.1) is 0 Å². The van der Waals surface area contributed by atoms with E-state index in [1.807, 2.05) is 0 Å². The first-order chi connectivity index (χ1) is 12.6. The maximum absolute atomic E-state index is 13.0. The van der Waals surface area contributed by atoms with Crippen LogP contribution in [0.5, 0.6) is 0 Å². The Kier molecular flexibility index (Phi) is 4.12. The Morgan fingerprint density at radius 1 is 1.22 bits per heavy atom. The summed E-state index contributed by atoms with van der Waals surface area (Å²) >= 11 is 0. The topological polar surface area (TPSA) is 59.8 Å². The smallest absolute Gasteiger partial charge is 0.296 e. The van der Waals surface area contributed by atoms with Gasteiger partial charge in [0.2, 0.25) is 17.8 Å². The molecule has 0 bridgehead atoms. The Balaban J connectivity index is 1.60. The SMILES string of the molecule is O=C(CC1CC(F)(F)C1)Nc1nc2ccc(C(F)(F)F)nc2n1C1CCC1. The van der Waals surface area contributed by atoms with Gasteiger partial charge in [0.05, 0.1) is 0 Å². The number of imidazole rings is 1. The van der Waals surface area contributed by atoms with E-state index >= 15 is 0 Å². The highest BCUT2D eigenvalue weighted by atomic mass is 19.4. The summed E-state index contributed by atoms with van der Waals surface area (Å²) in [7, 11) is 0. The minimum atomic E-state index is -4.58. The van der Waals surface area contributed by atoms with Crippen molar-refractivity contribution in [2.45, 2.75) is 56.7 Å². The van der Waals surface area contributed by atoms with Gasteiger partial charge in [0, 0.05) is 25.3 Å². The molecule has 10 heteroatoms. The summed E-state index contributed by atoms with van der Waals surface area (Å²) in [4.78, 5) is 20.1. The summed E-state index contributed by atoms with van der Waals surface area (Å²) in [5, 5.41) is 2.58. The molecule has 146 valence electrons. The van der Waals surface area contributed by atoms with Gasteiger partial charge in [0.15, 0.2) is 5.65 Å². The number of fused-ring (bicyclic) bond motifs is 1. The lowest BCUT2D eigenvalue weighted by atomic mass is 9.79. The molecule has 2 saturated carbocycles. The molecule has 0 radical (unpaired) electrons. The molecule has 5 nitrogen and oxygen atoms in total. The molecule has 0 unspecified atom stereocenters. The number of carbonyl (C=O) groups excluding carboxylic acids is 1. The third-order valence-corrected chi connectivity index (χ3v) is 5.17. The van der Waals surface area contributed by atoms with Gasteiger partial charge in [-0.25, -0.2) is 18.7 Å². The molecule has 2 aliphatic rings. The van der Waals surface area contributed by atoms with E-state index in [-0.39, 0.29) is 42.4 Å². The maximum Gasteiger partial charge on any atom is 0.433 e. The number of pyridine rings is 1. The molecule has 0 spiro atoms. The Hall–Kier alpha value is -2.26. The second-order valence-electron chi connectivity index (χ2n) is 7.31. The van der Waals surface area contributed by atoms with Crippen LogP contribution < -0.4 is 5.32 Å². The van der Waals surface area contributed by atoms with Gasteiger partial charge in [0.1, 0.15) is 11.2 Å². The van der Waals surface area contributed by atoms with Gasteiger partial charge in [-0.3, -0.25) is 14.7 Å². The Labute approximate surface area is 151 Å². The van der Waals surface area contributed by atoms with Crippen molar-refractivity contribution < 1.29 is 26.7 Å². The largest absolute Gasteiger partial charge is 0.433 e. The second-order valence-corrected chi connectivity index (χ2v) is 7.31. The van der Waals surface area contributed by atoms with Crippen LogP contribution in [0.15, 0.2) is 12.1 Å². The number of alkyl halides is 5. The molecule has 2 aromatic rings. The number of nitrogens with zero attached hydrogens (tertiary/aromatic N) is 3. The first-order valence-electron chi connectivity index (χ1n) is 8.76. The molecule has 1 amide bonds. The molecule has 27 heavy (non-hydrogen) atoms. The maximum atomic E-state index is 13.0. The third kappa shape index (κ3) is 3.49. The minimum Gasteiger partial charge on any atom is -0.296 e. The average Bonchev–Trinajstić information content (AvgIpc) is 2.80. The highest BCUT2D eigenvalue weighted by Crippen LogP contribution is 2.44. The fourth-order valence-electron chi connectivity index (χ4n) is 3.58. The fourth-order valence-corrected chi connectivity index (χ4v) is 3.58. The summed E-state index contributed by atoms with van der Waals surface area (Å²) in [6, 6.07) is 1.99. The van der Waals surface area contributed by atoms with E-state index in [4.69, 9.17) is 0 Å². The standard InChI is InChI=1S/C17H17F5N4O/c18-16(19)7-9(8-16)6-13(27)25-15-23-11-4-5-12(17(20,21)22)24-14(11)26(15)10-2-1-3-10/h4-5,9-10H,1-3,6-8H2,(H,23,25,27). The first kappa shape index (κ1) is 18.1. The molecule has 2 fully saturated rings. The van der Waals surface area contributed by atoms with E-state index in [9.17, 15) is 26.7 Å². The summed E-state index contributed by atoms with van der Waals surface area (Å²) in [6.07, 6.45) is -2.87. The molecule has 2 heterocycles. The summed E-state index contributed by atoms with van der Waals surface area (Å²) in [6.45, 7) is 0. The van der Waals surface area contributed by atoms with Crippen LogP contribution in [0.2, 0.25) is 0 Å². The average molecular weight is 388 g/mol. The Morgan fingerprint density at radius 2 is 1.93 bits per heavy atom. The molecule has 4 rings (SSSR count). The zero-order valence-electron chi connectivity index (χ0n) is 14.2. The summed E-state index contributed by atoms with van der Waals surface area (Å²) in [5.41, 5.74) is -0.703. The van der Waals surface area contributed by atoms with Crippen LogP contribution in [0.1, 0.15) is 50.3 Å². The molecule has 2 aromatic heterocycles. The van der Waals surface area contributed by atoms with Crippen LogP contribution in [-0.4, -0.2) is 26.4 Å². The van der Waals surface area contributed by atoms with E-state index in [0.717, 1.165) is 25.3 Å². The molecular weight excluding hydrogens is 371 g/mol. The Morgan fingerprint density at radius 3 is 2.48 bits per heavy atom. The number of nitrogens with one attached hydrogen (secondary N) is 1. The van der Waals surface area contributed by atoms with Crippen molar-refractivity contribution >= 4 is 23.0 Å². The van der Waals surface area contributed by atoms with Crippen molar-refractivity contribution in [3.8, 4) is 0 Å². The van der Waals surface area contributed by atoms with Crippen LogP contribution in [-0.2, 0) is 11.0 Å². The van der Waals surface area contributed by atoms with E-state index in [1.54, 1.807) is 0 Å². The number of hydrogen-bond acceptors (Lipinski definition) is 3. The van der Waals surface area contributed by atoms with Crippen molar-refractivity contribution in [1.82, 2.24) is 14.5 Å². The third-order valence-electron chi connectivity index (χ3n) is 5.17. The number of aromatic nitrogens is 3. The van der Waals surface area contributed by atoms with Crippen molar-refractivity contribution in [2.24, 2.45) is 5.92 Å². The van der Waals surface area contributed by atoms with Crippen molar-refractivity contribution in [2.75, 3.05) is 5.32 Å². The zero-order valence-corrected chi connectivity index (χ0v) is 14.2. The number of anilines is 1. The van der Waals surface area contributed by atoms with Gasteiger partial charge in [-0.05, 0) is 37.3 Å². The van der Waals surface area contributed by atoms with Gasteiger partial charge in [-0.1, -0.05) is 0 Å². The van der Waals surface area contributed by atoms with E-state index in [0.29, 0.717) is 0 Å². The quantitative estimate of drug-likeness (QED) is 0.782. The van der Waals surface area contributed by atoms with Crippen LogP contribution in [0.3, 0.4) is 0 Å². The molecular formula is C17H17F5N4O. The highest BCUT2D eigenvalue weighted by molar-refractivity contribution is 5.91. The first-order valence-corrected chi connectivity index (χ1v) is 8.76. The number of carbonyl (C=O) groups is 1. The van der Waals surface area contributed by atoms with E-state index in [2.05, 4.69) is 15.3 Å². The highest BCUT2D eigenvalue weighted by Gasteiger charge is 2.45. The second kappa shape index (κ2) is 6.13. The predicted octanol–water partition coefficient (Wildman–Crippen LogP) is 4.55. The van der Waals surface area contributed by atoms with Crippen molar-refractivity contribution in [3.05, 3.63) is 17.8 Å². The molecule has 0 atom stereocenters. The molecule has 0 saturated heterocycles. The van der Waals surface area contributed by atoms with Gasteiger partial charge in [0.25, 0.3) is 0 Å².